The van der Waals surface area contributed by atoms with Crippen LogP contribution in [-0.4, -0.2) is 25.1 Å². The van der Waals surface area contributed by atoms with Gasteiger partial charge in [0.05, 0.1) is 29.5 Å². The molecule has 2 aromatic carbocycles. The summed E-state index contributed by atoms with van der Waals surface area (Å²) in [5.74, 6) is 0.153. The molecule has 0 bridgehead atoms. The second-order valence-electron chi connectivity index (χ2n) is 4.71. The highest BCUT2D eigenvalue weighted by molar-refractivity contribution is 5.97. The van der Waals surface area contributed by atoms with Crippen LogP contribution in [0, 0.1) is 10.1 Å². The van der Waals surface area contributed by atoms with Gasteiger partial charge in [0.25, 0.3) is 5.69 Å². The largest absolute Gasteiger partial charge is 0.465 e. The summed E-state index contributed by atoms with van der Waals surface area (Å²) in [6, 6.07) is 9.96. The molecule has 0 atom stereocenters. The molecule has 7 nitrogen and oxygen atoms in total. The highest BCUT2D eigenvalue weighted by Crippen LogP contribution is 2.47. The van der Waals surface area contributed by atoms with Crippen molar-refractivity contribution in [1.29, 1.82) is 0 Å². The molecule has 1 aliphatic heterocycles. The average Bonchev–Trinajstić information content (AvgIpc) is 2.53. The summed E-state index contributed by atoms with van der Waals surface area (Å²) in [6.07, 6.45) is 0. The minimum atomic E-state index is -0.762. The summed E-state index contributed by atoms with van der Waals surface area (Å²) in [7, 11) is 2.98. The third-order valence-corrected chi connectivity index (χ3v) is 3.49. The van der Waals surface area contributed by atoms with E-state index in [-0.39, 0.29) is 11.3 Å². The second kappa shape index (κ2) is 5.03. The molecule has 3 rings (SSSR count). The van der Waals surface area contributed by atoms with Crippen LogP contribution in [0.2, 0.25) is 0 Å². The van der Waals surface area contributed by atoms with Crippen LogP contribution in [0.5, 0.6) is 11.5 Å². The van der Waals surface area contributed by atoms with Gasteiger partial charge < -0.3 is 14.4 Å². The summed E-state index contributed by atoms with van der Waals surface area (Å²) in [5, 5.41) is 11.2. The molecule has 0 aromatic heterocycles. The van der Waals surface area contributed by atoms with E-state index in [9.17, 15) is 14.9 Å². The number of esters is 1. The van der Waals surface area contributed by atoms with E-state index in [1.807, 2.05) is 23.1 Å². The summed E-state index contributed by atoms with van der Waals surface area (Å²) in [4.78, 5) is 24.2. The maximum Gasteiger partial charge on any atom is 0.344 e. The van der Waals surface area contributed by atoms with Gasteiger partial charge in [0.1, 0.15) is 5.56 Å². The van der Waals surface area contributed by atoms with Crippen molar-refractivity contribution in [3.05, 3.63) is 52.1 Å². The van der Waals surface area contributed by atoms with Crippen LogP contribution in [0.3, 0.4) is 0 Å². The van der Waals surface area contributed by atoms with Crippen molar-refractivity contribution >= 4 is 23.0 Å². The third kappa shape index (κ3) is 2.03. The zero-order valence-electron chi connectivity index (χ0n) is 11.9. The molecule has 0 aliphatic carbocycles. The number of methoxy groups -OCH3 is 1. The quantitative estimate of drug-likeness (QED) is 0.481. The topological polar surface area (TPSA) is 81.9 Å². The number of hydrogen-bond acceptors (Lipinski definition) is 6. The lowest BCUT2D eigenvalue weighted by Crippen LogP contribution is -2.17. The number of carbonyl (C=O) groups excluding carboxylic acids is 1. The van der Waals surface area contributed by atoms with Crippen LogP contribution >= 0.6 is 0 Å². The molecule has 0 amide bonds. The molecule has 0 fully saturated rings. The lowest BCUT2D eigenvalue weighted by molar-refractivity contribution is -0.385. The number of rotatable bonds is 2. The Hall–Kier alpha value is -3.09. The first-order valence-corrected chi connectivity index (χ1v) is 6.44. The smallest absolute Gasteiger partial charge is 0.344 e. The van der Waals surface area contributed by atoms with Crippen molar-refractivity contribution in [2.24, 2.45) is 0 Å². The standard InChI is InChI=1S/C15H12N2O5/c1-16-10-5-3-4-6-13(10)22-14-8-11(17(19)20)9(7-12(14)16)15(18)21-2/h3-8H,1-2H3. The Kier molecular flexibility index (Phi) is 3.17. The molecule has 0 spiro atoms. The van der Waals surface area contributed by atoms with E-state index in [0.29, 0.717) is 17.2 Å². The van der Waals surface area contributed by atoms with E-state index in [0.717, 1.165) is 5.69 Å². The van der Waals surface area contributed by atoms with Crippen molar-refractivity contribution in [3.63, 3.8) is 0 Å². The molecule has 0 saturated heterocycles. The minimum absolute atomic E-state index is 0.110. The van der Waals surface area contributed by atoms with Crippen molar-refractivity contribution in [1.82, 2.24) is 0 Å². The van der Waals surface area contributed by atoms with E-state index in [4.69, 9.17) is 4.74 Å². The Morgan fingerprint density at radius 2 is 1.95 bits per heavy atom. The van der Waals surface area contributed by atoms with Crippen LogP contribution in [0.15, 0.2) is 36.4 Å². The first-order valence-electron chi connectivity index (χ1n) is 6.44. The van der Waals surface area contributed by atoms with Crippen LogP contribution in [-0.2, 0) is 4.74 Å². The summed E-state index contributed by atoms with van der Waals surface area (Å²) >= 11 is 0. The van der Waals surface area contributed by atoms with Gasteiger partial charge in [-0.3, -0.25) is 10.1 Å². The molecule has 112 valence electrons. The fourth-order valence-corrected chi connectivity index (χ4v) is 2.39. The predicted octanol–water partition coefficient (Wildman–Crippen LogP) is 3.26. The monoisotopic (exact) mass is 300 g/mol. The van der Waals surface area contributed by atoms with E-state index in [1.54, 1.807) is 13.1 Å². The lowest BCUT2D eigenvalue weighted by atomic mass is 10.1. The van der Waals surface area contributed by atoms with E-state index in [2.05, 4.69) is 4.74 Å². The molecule has 0 radical (unpaired) electrons. The summed E-state index contributed by atoms with van der Waals surface area (Å²) in [5.41, 5.74) is 0.906. The fourth-order valence-electron chi connectivity index (χ4n) is 2.39. The molecule has 1 aliphatic rings. The molecular formula is C15H12N2O5. The molecular weight excluding hydrogens is 288 g/mol. The zero-order chi connectivity index (χ0) is 15.9. The highest BCUT2D eigenvalue weighted by Gasteiger charge is 2.29. The maximum absolute atomic E-state index is 11.8. The molecule has 0 saturated carbocycles. The highest BCUT2D eigenvalue weighted by atomic mass is 16.6. The van der Waals surface area contributed by atoms with E-state index < -0.39 is 10.9 Å². The van der Waals surface area contributed by atoms with Gasteiger partial charge in [-0.2, -0.15) is 0 Å². The van der Waals surface area contributed by atoms with Crippen molar-refractivity contribution in [2.45, 2.75) is 0 Å². The minimum Gasteiger partial charge on any atom is -0.465 e. The number of fused-ring (bicyclic) bond motifs is 2. The van der Waals surface area contributed by atoms with Crippen molar-refractivity contribution in [2.75, 3.05) is 19.1 Å². The summed E-state index contributed by atoms with van der Waals surface area (Å²) < 4.78 is 10.3. The number of nitrogens with zero attached hydrogens (tertiary/aromatic N) is 2. The van der Waals surface area contributed by atoms with Crippen LogP contribution in [0.4, 0.5) is 17.1 Å². The number of carbonyl (C=O) groups is 1. The van der Waals surface area contributed by atoms with Gasteiger partial charge in [-0.05, 0) is 18.2 Å². The Bertz CT molecular complexity index is 787. The third-order valence-electron chi connectivity index (χ3n) is 3.49. The van der Waals surface area contributed by atoms with Gasteiger partial charge in [0.2, 0.25) is 0 Å². The summed E-state index contributed by atoms with van der Waals surface area (Å²) in [6.45, 7) is 0. The Labute approximate surface area is 125 Å². The Morgan fingerprint density at radius 3 is 2.64 bits per heavy atom. The number of nitro benzene ring substituents is 1. The Balaban J connectivity index is 2.20. The van der Waals surface area contributed by atoms with E-state index >= 15 is 0 Å². The van der Waals surface area contributed by atoms with Crippen molar-refractivity contribution in [3.8, 4) is 11.5 Å². The van der Waals surface area contributed by atoms with Gasteiger partial charge in [-0.25, -0.2) is 4.79 Å². The normalized spacial score (nSPS) is 12.0. The number of hydrogen-bond donors (Lipinski definition) is 0. The SMILES string of the molecule is COC(=O)c1cc2c(cc1[N+](=O)[O-])Oc1ccccc1N2C. The first-order chi connectivity index (χ1) is 10.5. The van der Waals surface area contributed by atoms with Gasteiger partial charge in [0, 0.05) is 7.05 Å². The van der Waals surface area contributed by atoms with Crippen LogP contribution < -0.4 is 9.64 Å². The van der Waals surface area contributed by atoms with Gasteiger partial charge in [-0.15, -0.1) is 0 Å². The fraction of sp³-hybridized carbons (Fsp3) is 0.133. The second-order valence-corrected chi connectivity index (χ2v) is 4.71. The number of anilines is 2. The molecule has 7 heteroatoms. The van der Waals surface area contributed by atoms with Crippen molar-refractivity contribution < 1.29 is 19.2 Å². The number of para-hydroxylation sites is 2. The van der Waals surface area contributed by atoms with Gasteiger partial charge in [0.15, 0.2) is 11.5 Å². The number of nitro groups is 1. The maximum atomic E-state index is 11.8. The van der Waals surface area contributed by atoms with Gasteiger partial charge >= 0.3 is 5.97 Å². The molecule has 0 N–H and O–H groups in total. The lowest BCUT2D eigenvalue weighted by Gasteiger charge is -2.29. The first kappa shape index (κ1) is 13.9. The molecule has 0 unspecified atom stereocenters. The van der Waals surface area contributed by atoms with E-state index in [1.165, 1.54) is 19.2 Å². The average molecular weight is 300 g/mol. The van der Waals surface area contributed by atoms with Crippen LogP contribution in [0.25, 0.3) is 0 Å². The number of ether oxygens (including phenoxy) is 2. The Morgan fingerprint density at radius 1 is 1.23 bits per heavy atom. The zero-order valence-corrected chi connectivity index (χ0v) is 11.9. The molecule has 22 heavy (non-hydrogen) atoms. The molecule has 1 heterocycles. The predicted molar refractivity (Wildman–Crippen MR) is 79.0 cm³/mol. The number of benzene rings is 2. The van der Waals surface area contributed by atoms with Crippen LogP contribution in [0.1, 0.15) is 10.4 Å². The molecule has 2 aromatic rings. The van der Waals surface area contributed by atoms with Gasteiger partial charge in [-0.1, -0.05) is 12.1 Å².